The lowest BCUT2D eigenvalue weighted by atomic mass is 10.00. The molecule has 0 saturated carbocycles. The van der Waals surface area contributed by atoms with E-state index in [0.29, 0.717) is 18.4 Å². The zero-order valence-electron chi connectivity index (χ0n) is 23.2. The predicted molar refractivity (Wildman–Crippen MR) is 155 cm³/mol. The van der Waals surface area contributed by atoms with Crippen LogP contribution in [0.3, 0.4) is 0 Å². The van der Waals surface area contributed by atoms with Crippen molar-refractivity contribution in [1.29, 1.82) is 0 Å². The molecule has 2 heterocycles. The molecule has 1 aliphatic rings. The van der Waals surface area contributed by atoms with Gasteiger partial charge in [-0.3, -0.25) is 14.6 Å². The van der Waals surface area contributed by atoms with Gasteiger partial charge in [0.25, 0.3) is 0 Å². The van der Waals surface area contributed by atoms with E-state index in [2.05, 4.69) is 10.3 Å². The van der Waals surface area contributed by atoms with E-state index in [1.54, 1.807) is 48.7 Å². The molecule has 10 nitrogen and oxygen atoms in total. The van der Waals surface area contributed by atoms with Gasteiger partial charge in [0, 0.05) is 31.2 Å². The molecule has 3 aromatic rings. The van der Waals surface area contributed by atoms with Gasteiger partial charge in [-0.05, 0) is 54.7 Å². The number of ether oxygens (including phenoxy) is 1. The number of benzene rings is 2. The van der Waals surface area contributed by atoms with Crippen LogP contribution in [0.15, 0.2) is 83.9 Å². The molecule has 0 radical (unpaired) electrons. The van der Waals surface area contributed by atoms with Crippen LogP contribution in [0.4, 0.5) is 0 Å². The molecular weight excluding hydrogens is 558 g/mol. The normalized spacial score (nSPS) is 16.1. The largest absolute Gasteiger partial charge is 0.480 e. The van der Waals surface area contributed by atoms with Crippen molar-refractivity contribution in [2.45, 2.75) is 61.9 Å². The SMILES string of the molecule is O=C(CCCCCc1ccccn1)Cc1ccc(C[C@H](NC(=O)[C@@H]2COCN2S(=O)(=O)c2ccccc2)C(=O)O)cc1. The van der Waals surface area contributed by atoms with E-state index >= 15 is 0 Å². The first-order valence-electron chi connectivity index (χ1n) is 13.9. The lowest BCUT2D eigenvalue weighted by molar-refractivity contribution is -0.142. The van der Waals surface area contributed by atoms with Crippen LogP contribution >= 0.6 is 0 Å². The number of aromatic nitrogens is 1. The number of amides is 1. The van der Waals surface area contributed by atoms with Crippen LogP contribution in [-0.4, -0.2) is 65.9 Å². The van der Waals surface area contributed by atoms with Crippen molar-refractivity contribution in [3.8, 4) is 0 Å². The Morgan fingerprint density at radius 1 is 0.952 bits per heavy atom. The summed E-state index contributed by atoms with van der Waals surface area (Å²) < 4.78 is 32.3. The number of nitrogens with zero attached hydrogens (tertiary/aromatic N) is 2. The second kappa shape index (κ2) is 14.8. The number of carbonyl (C=O) groups is 3. The lowest BCUT2D eigenvalue weighted by Gasteiger charge is -2.23. The fraction of sp³-hybridized carbons (Fsp3) is 0.355. The third-order valence-electron chi connectivity index (χ3n) is 7.09. The van der Waals surface area contributed by atoms with E-state index in [9.17, 15) is 27.9 Å². The number of sulfonamides is 1. The minimum atomic E-state index is -4.01. The van der Waals surface area contributed by atoms with Crippen LogP contribution in [0.5, 0.6) is 0 Å². The number of pyridine rings is 1. The highest BCUT2D eigenvalue weighted by atomic mass is 32.2. The number of ketones is 1. The van der Waals surface area contributed by atoms with Crippen molar-refractivity contribution in [2.24, 2.45) is 0 Å². The van der Waals surface area contributed by atoms with Crippen molar-refractivity contribution in [3.63, 3.8) is 0 Å². The molecule has 42 heavy (non-hydrogen) atoms. The molecule has 2 atom stereocenters. The van der Waals surface area contributed by atoms with Crippen molar-refractivity contribution in [1.82, 2.24) is 14.6 Å². The van der Waals surface area contributed by atoms with E-state index in [1.165, 1.54) is 12.1 Å². The molecule has 0 spiro atoms. The molecule has 0 aliphatic carbocycles. The summed E-state index contributed by atoms with van der Waals surface area (Å²) >= 11 is 0. The van der Waals surface area contributed by atoms with Gasteiger partial charge in [0.05, 0.1) is 11.5 Å². The number of nitrogens with one attached hydrogen (secondary N) is 1. The van der Waals surface area contributed by atoms with Crippen LogP contribution in [-0.2, 0) is 48.4 Å². The van der Waals surface area contributed by atoms with Gasteiger partial charge in [0.1, 0.15) is 24.6 Å². The molecule has 1 aliphatic heterocycles. The number of carbonyl (C=O) groups excluding carboxylic acids is 2. The number of carboxylic acid groups (broad SMARTS) is 1. The first kappa shape index (κ1) is 31.0. The number of rotatable bonds is 15. The van der Waals surface area contributed by atoms with E-state index in [1.807, 2.05) is 18.2 Å². The number of unbranched alkanes of at least 4 members (excludes halogenated alkanes) is 2. The third-order valence-corrected chi connectivity index (χ3v) is 8.93. The summed E-state index contributed by atoms with van der Waals surface area (Å²) in [6.45, 7) is -0.490. The van der Waals surface area contributed by atoms with E-state index in [-0.39, 0.29) is 30.4 Å². The van der Waals surface area contributed by atoms with E-state index in [0.717, 1.165) is 41.2 Å². The van der Waals surface area contributed by atoms with E-state index < -0.39 is 34.0 Å². The van der Waals surface area contributed by atoms with Gasteiger partial charge in [-0.25, -0.2) is 13.2 Å². The Labute approximate surface area is 245 Å². The summed E-state index contributed by atoms with van der Waals surface area (Å²) in [6.07, 6.45) is 6.22. The first-order chi connectivity index (χ1) is 20.2. The second-order valence-electron chi connectivity index (χ2n) is 10.2. The fourth-order valence-electron chi connectivity index (χ4n) is 4.76. The molecule has 1 saturated heterocycles. The monoisotopic (exact) mass is 593 g/mol. The van der Waals surface area contributed by atoms with Gasteiger partial charge >= 0.3 is 5.97 Å². The maximum atomic E-state index is 13.0. The molecule has 2 N–H and O–H groups in total. The van der Waals surface area contributed by atoms with Gasteiger partial charge in [0.2, 0.25) is 15.9 Å². The minimum Gasteiger partial charge on any atom is -0.480 e. The molecule has 2 aromatic carbocycles. The first-order valence-corrected chi connectivity index (χ1v) is 15.4. The average Bonchev–Trinajstić information content (AvgIpc) is 3.50. The van der Waals surface area contributed by atoms with Crippen LogP contribution < -0.4 is 5.32 Å². The quantitative estimate of drug-likeness (QED) is 0.256. The van der Waals surface area contributed by atoms with Gasteiger partial charge in [-0.15, -0.1) is 0 Å². The standard InChI is InChI=1S/C31H35N3O7S/c35-26(11-4-1-3-9-25-10-7-8-18-32-25)19-23-14-16-24(17-15-23)20-28(31(37)38)33-30(36)29-21-41-22-34(29)42(39,40)27-12-5-2-6-13-27/h2,5-8,10,12-18,28-29H,1,3-4,9,11,19-22H2,(H,33,36)(H,37,38)/t28-,29-/m0/s1. The van der Waals surface area contributed by atoms with Crippen molar-refractivity contribution in [2.75, 3.05) is 13.3 Å². The van der Waals surface area contributed by atoms with E-state index in [4.69, 9.17) is 4.74 Å². The van der Waals surface area contributed by atoms with Crippen LogP contribution in [0.1, 0.15) is 42.5 Å². The molecule has 4 rings (SSSR count). The maximum Gasteiger partial charge on any atom is 0.326 e. The molecule has 222 valence electrons. The summed E-state index contributed by atoms with van der Waals surface area (Å²) in [5.41, 5.74) is 2.54. The predicted octanol–water partition coefficient (Wildman–Crippen LogP) is 3.16. The Morgan fingerprint density at radius 2 is 1.67 bits per heavy atom. The molecule has 1 amide bonds. The number of hydrogen-bond acceptors (Lipinski definition) is 7. The maximum absolute atomic E-state index is 13.0. The highest BCUT2D eigenvalue weighted by Gasteiger charge is 2.41. The van der Waals surface area contributed by atoms with Crippen molar-refractivity contribution in [3.05, 3.63) is 95.8 Å². The van der Waals surface area contributed by atoms with Gasteiger partial charge < -0.3 is 15.2 Å². The summed E-state index contributed by atoms with van der Waals surface area (Å²) in [5.74, 6) is -1.85. The molecule has 0 unspecified atom stereocenters. The minimum absolute atomic E-state index is 0.00934. The van der Waals surface area contributed by atoms with Crippen LogP contribution in [0.2, 0.25) is 0 Å². The zero-order chi connectivity index (χ0) is 30.0. The Balaban J connectivity index is 1.26. The number of aliphatic carboxylic acids is 1. The Bertz CT molecular complexity index is 1450. The smallest absolute Gasteiger partial charge is 0.326 e. The Hall–Kier alpha value is -3.93. The van der Waals surface area contributed by atoms with Crippen molar-refractivity contribution < 1.29 is 32.6 Å². The molecule has 0 bridgehead atoms. The average molecular weight is 594 g/mol. The summed E-state index contributed by atoms with van der Waals surface area (Å²) in [5, 5.41) is 12.2. The Morgan fingerprint density at radius 3 is 2.36 bits per heavy atom. The van der Waals surface area contributed by atoms with Crippen LogP contribution in [0.25, 0.3) is 0 Å². The van der Waals surface area contributed by atoms with Crippen LogP contribution in [0, 0.1) is 0 Å². The number of hydrogen-bond donors (Lipinski definition) is 2. The number of Topliss-reactive ketones (excluding diaryl/α,β-unsaturated/α-hetero) is 1. The summed E-state index contributed by atoms with van der Waals surface area (Å²) in [4.78, 5) is 41.7. The zero-order valence-corrected chi connectivity index (χ0v) is 24.0. The summed E-state index contributed by atoms with van der Waals surface area (Å²) in [7, 11) is -4.01. The fourth-order valence-corrected chi connectivity index (χ4v) is 6.24. The van der Waals surface area contributed by atoms with Crippen molar-refractivity contribution >= 4 is 27.7 Å². The second-order valence-corrected chi connectivity index (χ2v) is 12.1. The van der Waals surface area contributed by atoms with Gasteiger partial charge in [-0.2, -0.15) is 4.31 Å². The molecular formula is C31H35N3O7S. The number of aryl methyl sites for hydroxylation is 1. The summed E-state index contributed by atoms with van der Waals surface area (Å²) in [6, 6.07) is 18.1. The highest BCUT2D eigenvalue weighted by Crippen LogP contribution is 2.22. The molecule has 1 aromatic heterocycles. The van der Waals surface area contributed by atoms with Gasteiger partial charge in [-0.1, -0.05) is 55.0 Å². The Kier molecular flexibility index (Phi) is 10.9. The lowest BCUT2D eigenvalue weighted by Crippen LogP contribution is -2.52. The third kappa shape index (κ3) is 8.54. The topological polar surface area (TPSA) is 143 Å². The highest BCUT2D eigenvalue weighted by molar-refractivity contribution is 7.89. The molecule has 1 fully saturated rings. The van der Waals surface area contributed by atoms with Gasteiger partial charge in [0.15, 0.2) is 0 Å². The molecule has 11 heteroatoms. The number of carboxylic acids is 1.